The molecule has 2 aromatic rings. The minimum atomic E-state index is -3.84. The Labute approximate surface area is 153 Å². The molecule has 0 unspecified atom stereocenters. The first kappa shape index (κ1) is 19.3. The molecule has 0 atom stereocenters. The number of aryl methyl sites for hydroxylation is 2. The zero-order chi connectivity index (χ0) is 18.8. The third-order valence-electron chi connectivity index (χ3n) is 3.63. The van der Waals surface area contributed by atoms with E-state index in [2.05, 4.69) is 10.0 Å². The molecule has 0 bridgehead atoms. The Morgan fingerprint density at radius 2 is 1.68 bits per heavy atom. The fraction of sp³-hybridized carbons (Fsp3) is 0.278. The molecule has 134 valence electrons. The molecule has 0 aliphatic carbocycles. The minimum absolute atomic E-state index is 0.0198. The average Bonchev–Trinajstić information content (AvgIpc) is 2.50. The number of benzene rings is 2. The van der Waals surface area contributed by atoms with E-state index >= 15 is 0 Å². The van der Waals surface area contributed by atoms with Crippen molar-refractivity contribution >= 4 is 33.2 Å². The molecular formula is C18H21ClN2O3S. The van der Waals surface area contributed by atoms with Crippen LogP contribution in [-0.4, -0.2) is 20.4 Å². The van der Waals surface area contributed by atoms with Gasteiger partial charge < -0.3 is 5.32 Å². The molecule has 0 heterocycles. The average molecular weight is 381 g/mol. The van der Waals surface area contributed by atoms with Crippen LogP contribution in [0.5, 0.6) is 0 Å². The lowest BCUT2D eigenvalue weighted by molar-refractivity contribution is 0.0942. The van der Waals surface area contributed by atoms with E-state index in [0.717, 1.165) is 5.56 Å². The smallest absolute Gasteiger partial charge is 0.261 e. The predicted octanol–water partition coefficient (Wildman–Crippen LogP) is 3.90. The topological polar surface area (TPSA) is 75.3 Å². The molecule has 0 saturated carbocycles. The SMILES string of the molecule is Cc1ccc(Cl)cc1NS(=O)(=O)c1ccc(C)c(C(=O)NC(C)C)c1. The third-order valence-corrected chi connectivity index (χ3v) is 5.23. The molecule has 0 fully saturated rings. The number of nitrogens with one attached hydrogen (secondary N) is 2. The molecule has 0 aliphatic rings. The first-order valence-electron chi connectivity index (χ1n) is 7.80. The fourth-order valence-electron chi connectivity index (χ4n) is 2.26. The number of halogens is 1. The number of carbonyl (C=O) groups excluding carboxylic acids is 1. The van der Waals surface area contributed by atoms with E-state index in [9.17, 15) is 13.2 Å². The second-order valence-corrected chi connectivity index (χ2v) is 8.29. The van der Waals surface area contributed by atoms with Gasteiger partial charge in [-0.15, -0.1) is 0 Å². The highest BCUT2D eigenvalue weighted by Crippen LogP contribution is 2.24. The van der Waals surface area contributed by atoms with Crippen LogP contribution in [0.25, 0.3) is 0 Å². The van der Waals surface area contributed by atoms with Gasteiger partial charge in [0.05, 0.1) is 10.6 Å². The Balaban J connectivity index is 2.39. The summed E-state index contributed by atoms with van der Waals surface area (Å²) < 4.78 is 27.9. The molecule has 1 amide bonds. The predicted molar refractivity (Wildman–Crippen MR) is 101 cm³/mol. The Bertz CT molecular complexity index is 909. The van der Waals surface area contributed by atoms with E-state index in [1.54, 1.807) is 38.1 Å². The Hall–Kier alpha value is -2.05. The number of carbonyl (C=O) groups is 1. The number of amides is 1. The summed E-state index contributed by atoms with van der Waals surface area (Å²) in [5.41, 5.74) is 2.19. The molecule has 0 spiro atoms. The highest BCUT2D eigenvalue weighted by molar-refractivity contribution is 7.92. The molecule has 0 saturated heterocycles. The van der Waals surface area contributed by atoms with Crippen LogP contribution in [0.15, 0.2) is 41.3 Å². The van der Waals surface area contributed by atoms with Crippen LogP contribution in [0, 0.1) is 13.8 Å². The van der Waals surface area contributed by atoms with Crippen LogP contribution in [-0.2, 0) is 10.0 Å². The highest BCUT2D eigenvalue weighted by Gasteiger charge is 2.19. The molecule has 25 heavy (non-hydrogen) atoms. The fourth-order valence-corrected chi connectivity index (χ4v) is 3.58. The van der Waals surface area contributed by atoms with Crippen molar-refractivity contribution < 1.29 is 13.2 Å². The lowest BCUT2D eigenvalue weighted by Crippen LogP contribution is -2.30. The maximum absolute atomic E-state index is 12.7. The van der Waals surface area contributed by atoms with Crippen molar-refractivity contribution in [3.05, 3.63) is 58.1 Å². The van der Waals surface area contributed by atoms with E-state index < -0.39 is 10.0 Å². The van der Waals surface area contributed by atoms with Crippen molar-refractivity contribution in [2.24, 2.45) is 0 Å². The van der Waals surface area contributed by atoms with Crippen LogP contribution in [0.3, 0.4) is 0 Å². The molecule has 5 nitrogen and oxygen atoms in total. The summed E-state index contributed by atoms with van der Waals surface area (Å²) in [6.07, 6.45) is 0. The van der Waals surface area contributed by atoms with Gasteiger partial charge in [0.2, 0.25) is 0 Å². The van der Waals surface area contributed by atoms with Gasteiger partial charge in [-0.25, -0.2) is 8.42 Å². The highest BCUT2D eigenvalue weighted by atomic mass is 35.5. The van der Waals surface area contributed by atoms with Crippen molar-refractivity contribution in [2.75, 3.05) is 4.72 Å². The maximum Gasteiger partial charge on any atom is 0.261 e. The zero-order valence-electron chi connectivity index (χ0n) is 14.6. The summed E-state index contributed by atoms with van der Waals surface area (Å²) in [5, 5.41) is 3.21. The number of anilines is 1. The Kier molecular flexibility index (Phi) is 5.75. The van der Waals surface area contributed by atoms with Crippen LogP contribution >= 0.6 is 11.6 Å². The monoisotopic (exact) mass is 380 g/mol. The van der Waals surface area contributed by atoms with Gasteiger partial charge >= 0.3 is 0 Å². The number of rotatable bonds is 5. The van der Waals surface area contributed by atoms with Gasteiger partial charge in [-0.3, -0.25) is 9.52 Å². The molecule has 2 N–H and O–H groups in total. The molecule has 7 heteroatoms. The second kappa shape index (κ2) is 7.45. The second-order valence-electron chi connectivity index (χ2n) is 6.17. The van der Waals surface area contributed by atoms with Crippen LogP contribution < -0.4 is 10.0 Å². The molecule has 0 aromatic heterocycles. The van der Waals surface area contributed by atoms with E-state index in [0.29, 0.717) is 21.8 Å². The Morgan fingerprint density at radius 1 is 1.04 bits per heavy atom. The molecule has 0 radical (unpaired) electrons. The van der Waals surface area contributed by atoms with Gasteiger partial charge in [0.1, 0.15) is 0 Å². The van der Waals surface area contributed by atoms with Gasteiger partial charge in [-0.1, -0.05) is 23.7 Å². The standard InChI is InChI=1S/C18H21ClN2O3S/c1-11(2)20-18(22)16-10-15(8-6-12(16)3)25(23,24)21-17-9-14(19)7-5-13(17)4/h5-11,21H,1-4H3,(H,20,22). The van der Waals surface area contributed by atoms with Gasteiger partial charge in [-0.2, -0.15) is 0 Å². The van der Waals surface area contributed by atoms with E-state index in [1.165, 1.54) is 12.1 Å². The summed E-state index contributed by atoms with van der Waals surface area (Å²) >= 11 is 5.94. The molecule has 0 aliphatic heterocycles. The first-order chi connectivity index (χ1) is 11.6. The number of sulfonamides is 1. The lowest BCUT2D eigenvalue weighted by Gasteiger charge is -2.14. The van der Waals surface area contributed by atoms with Gasteiger partial charge in [-0.05, 0) is 63.1 Å². The van der Waals surface area contributed by atoms with Crippen molar-refractivity contribution in [3.63, 3.8) is 0 Å². The zero-order valence-corrected chi connectivity index (χ0v) is 16.1. The van der Waals surface area contributed by atoms with E-state index in [-0.39, 0.29) is 16.8 Å². The molecule has 2 aromatic carbocycles. The van der Waals surface area contributed by atoms with Crippen molar-refractivity contribution in [2.45, 2.75) is 38.6 Å². The summed E-state index contributed by atoms with van der Waals surface area (Å²) in [6.45, 7) is 7.24. The third kappa shape index (κ3) is 4.74. The number of hydrogen-bond donors (Lipinski definition) is 2. The summed E-state index contributed by atoms with van der Waals surface area (Å²) in [4.78, 5) is 12.3. The van der Waals surface area contributed by atoms with Crippen LogP contribution in [0.4, 0.5) is 5.69 Å². The largest absolute Gasteiger partial charge is 0.350 e. The molecular weight excluding hydrogens is 360 g/mol. The molecule has 2 rings (SSSR count). The van der Waals surface area contributed by atoms with Gasteiger partial charge in [0.15, 0.2) is 0 Å². The van der Waals surface area contributed by atoms with Crippen LogP contribution in [0.2, 0.25) is 5.02 Å². The van der Waals surface area contributed by atoms with E-state index in [4.69, 9.17) is 11.6 Å². The van der Waals surface area contributed by atoms with Crippen molar-refractivity contribution in [1.29, 1.82) is 0 Å². The summed E-state index contributed by atoms with van der Waals surface area (Å²) in [7, 11) is -3.84. The maximum atomic E-state index is 12.7. The van der Waals surface area contributed by atoms with Gasteiger partial charge in [0, 0.05) is 16.6 Å². The lowest BCUT2D eigenvalue weighted by atomic mass is 10.1. The number of hydrogen-bond acceptors (Lipinski definition) is 3. The van der Waals surface area contributed by atoms with E-state index in [1.807, 2.05) is 13.8 Å². The minimum Gasteiger partial charge on any atom is -0.350 e. The van der Waals surface area contributed by atoms with Crippen molar-refractivity contribution in [1.82, 2.24) is 5.32 Å². The summed E-state index contributed by atoms with van der Waals surface area (Å²) in [6, 6.07) is 9.41. The Morgan fingerprint density at radius 3 is 2.32 bits per heavy atom. The van der Waals surface area contributed by atoms with Crippen molar-refractivity contribution in [3.8, 4) is 0 Å². The van der Waals surface area contributed by atoms with Crippen LogP contribution in [0.1, 0.15) is 35.3 Å². The first-order valence-corrected chi connectivity index (χ1v) is 9.67. The quantitative estimate of drug-likeness (QED) is 0.826. The normalized spacial score (nSPS) is 11.4. The summed E-state index contributed by atoms with van der Waals surface area (Å²) in [5.74, 6) is -0.302. The van der Waals surface area contributed by atoms with Gasteiger partial charge in [0.25, 0.3) is 15.9 Å².